The molecule has 1 fully saturated rings. The van der Waals surface area contributed by atoms with Gasteiger partial charge in [0.2, 0.25) is 0 Å². The summed E-state index contributed by atoms with van der Waals surface area (Å²) in [6.07, 6.45) is -3.79. The molecule has 1 aromatic heterocycles. The van der Waals surface area contributed by atoms with E-state index in [1.165, 1.54) is 0 Å². The van der Waals surface area contributed by atoms with Gasteiger partial charge >= 0.3 is 6.18 Å². The van der Waals surface area contributed by atoms with Gasteiger partial charge in [0.1, 0.15) is 11.6 Å². The van der Waals surface area contributed by atoms with Gasteiger partial charge in [-0.1, -0.05) is 18.2 Å². The molecule has 1 saturated heterocycles. The Morgan fingerprint density at radius 2 is 1.75 bits per heavy atom. The SMILES string of the molecule is C[C@@H]1Cc2[nH]c3ccccc3c2[C@@H](c2c(F)cc(NC3CN(CCCF)C3)cc2F)N1CC(F)(F)F. The van der Waals surface area contributed by atoms with Crippen molar-refractivity contribution in [3.8, 4) is 0 Å². The molecule has 0 radical (unpaired) electrons. The lowest BCUT2D eigenvalue weighted by Crippen LogP contribution is -2.54. The molecule has 10 heteroatoms. The molecule has 4 nitrogen and oxygen atoms in total. The van der Waals surface area contributed by atoms with E-state index in [9.17, 15) is 17.6 Å². The number of nitrogens with one attached hydrogen (secondary N) is 2. The summed E-state index contributed by atoms with van der Waals surface area (Å²) in [5.41, 5.74) is 1.73. The molecule has 0 spiro atoms. The van der Waals surface area contributed by atoms with E-state index in [0.717, 1.165) is 22.5 Å². The lowest BCUT2D eigenvalue weighted by atomic mass is 9.86. The molecule has 2 aliphatic heterocycles. The van der Waals surface area contributed by atoms with Gasteiger partial charge in [0.15, 0.2) is 0 Å². The Kier molecular flexibility index (Phi) is 6.67. The Bertz CT molecular complexity index is 1210. The van der Waals surface area contributed by atoms with Crippen LogP contribution in [-0.2, 0) is 6.42 Å². The minimum absolute atomic E-state index is 0.0362. The Balaban J connectivity index is 1.51. The fraction of sp³-hybridized carbons (Fsp3) is 0.462. The van der Waals surface area contributed by atoms with Crippen molar-refractivity contribution in [1.29, 1.82) is 0 Å². The van der Waals surface area contributed by atoms with Crippen LogP contribution in [-0.4, -0.2) is 65.9 Å². The predicted molar refractivity (Wildman–Crippen MR) is 127 cm³/mol. The number of halogens is 6. The first-order valence-corrected chi connectivity index (χ1v) is 12.1. The minimum Gasteiger partial charge on any atom is -0.380 e. The fourth-order valence-corrected chi connectivity index (χ4v) is 5.58. The predicted octanol–water partition coefficient (Wildman–Crippen LogP) is 5.80. The average molecular weight is 511 g/mol. The van der Waals surface area contributed by atoms with Crippen molar-refractivity contribution in [2.45, 2.75) is 44.1 Å². The summed E-state index contributed by atoms with van der Waals surface area (Å²) in [5.74, 6) is -1.79. The highest BCUT2D eigenvalue weighted by Gasteiger charge is 2.44. The van der Waals surface area contributed by atoms with Gasteiger partial charge in [0.25, 0.3) is 0 Å². The molecule has 2 aliphatic rings. The third kappa shape index (κ3) is 4.80. The maximum Gasteiger partial charge on any atom is 0.401 e. The molecule has 194 valence electrons. The van der Waals surface area contributed by atoms with Crippen molar-refractivity contribution in [1.82, 2.24) is 14.8 Å². The number of para-hydroxylation sites is 1. The van der Waals surface area contributed by atoms with E-state index in [2.05, 4.69) is 10.3 Å². The van der Waals surface area contributed by atoms with Crippen molar-refractivity contribution in [3.63, 3.8) is 0 Å². The third-order valence-electron chi connectivity index (χ3n) is 7.15. The van der Waals surface area contributed by atoms with Crippen molar-refractivity contribution >= 4 is 16.6 Å². The number of H-pyrrole nitrogens is 1. The number of rotatable bonds is 7. The summed E-state index contributed by atoms with van der Waals surface area (Å²) in [7, 11) is 0. The van der Waals surface area contributed by atoms with Crippen LogP contribution in [0.25, 0.3) is 10.9 Å². The quantitative estimate of drug-likeness (QED) is 0.395. The lowest BCUT2D eigenvalue weighted by Gasteiger charge is -2.42. The van der Waals surface area contributed by atoms with E-state index in [-0.39, 0.29) is 17.3 Å². The molecule has 36 heavy (non-hydrogen) atoms. The normalized spacial score (nSPS) is 21.5. The fourth-order valence-electron chi connectivity index (χ4n) is 5.58. The second-order valence-corrected chi connectivity index (χ2v) is 9.80. The van der Waals surface area contributed by atoms with E-state index >= 15 is 8.78 Å². The molecule has 2 N–H and O–H groups in total. The summed E-state index contributed by atoms with van der Waals surface area (Å²) in [6.45, 7) is 1.85. The van der Waals surface area contributed by atoms with Crippen molar-refractivity contribution in [2.75, 3.05) is 38.2 Å². The molecule has 2 atom stereocenters. The number of aromatic amines is 1. The first-order valence-electron chi connectivity index (χ1n) is 12.1. The molecular weight excluding hydrogens is 482 g/mol. The van der Waals surface area contributed by atoms with Crippen LogP contribution in [0.15, 0.2) is 36.4 Å². The van der Waals surface area contributed by atoms with Gasteiger partial charge in [0.05, 0.1) is 25.3 Å². The highest BCUT2D eigenvalue weighted by Crippen LogP contribution is 2.45. The Morgan fingerprint density at radius 3 is 2.42 bits per heavy atom. The van der Waals surface area contributed by atoms with E-state index in [0.29, 0.717) is 49.1 Å². The third-order valence-corrected chi connectivity index (χ3v) is 7.15. The Labute approximate surface area is 205 Å². The summed E-state index contributed by atoms with van der Waals surface area (Å²) in [5, 5.41) is 3.74. The summed E-state index contributed by atoms with van der Waals surface area (Å²) < 4.78 is 84.4. The number of alkyl halides is 4. The molecule has 0 unspecified atom stereocenters. The molecule has 0 amide bonds. The van der Waals surface area contributed by atoms with Gasteiger partial charge in [-0.2, -0.15) is 13.2 Å². The minimum atomic E-state index is -4.54. The molecule has 3 heterocycles. The smallest absolute Gasteiger partial charge is 0.380 e. The molecule has 0 saturated carbocycles. The van der Waals surface area contributed by atoms with E-state index in [1.807, 2.05) is 4.90 Å². The van der Waals surface area contributed by atoms with Crippen LogP contribution >= 0.6 is 0 Å². The summed E-state index contributed by atoms with van der Waals surface area (Å²) in [4.78, 5) is 6.43. The number of likely N-dealkylation sites (tertiary alicyclic amines) is 1. The van der Waals surface area contributed by atoms with Crippen LogP contribution in [0, 0.1) is 11.6 Å². The molecular formula is C26H28F6N4. The number of aromatic nitrogens is 1. The zero-order valence-electron chi connectivity index (χ0n) is 19.8. The lowest BCUT2D eigenvalue weighted by molar-refractivity contribution is -0.155. The maximum atomic E-state index is 15.6. The number of fused-ring (bicyclic) bond motifs is 3. The topological polar surface area (TPSA) is 34.3 Å². The van der Waals surface area contributed by atoms with Crippen molar-refractivity contribution < 1.29 is 26.3 Å². The van der Waals surface area contributed by atoms with Gasteiger partial charge in [0, 0.05) is 65.5 Å². The largest absolute Gasteiger partial charge is 0.401 e. The number of benzene rings is 2. The van der Waals surface area contributed by atoms with Crippen LogP contribution in [0.1, 0.15) is 36.2 Å². The molecule has 3 aromatic rings. The molecule has 0 bridgehead atoms. The van der Waals surface area contributed by atoms with Crippen molar-refractivity contribution in [3.05, 3.63) is 64.9 Å². The monoisotopic (exact) mass is 510 g/mol. The van der Waals surface area contributed by atoms with E-state index in [4.69, 9.17) is 0 Å². The average Bonchev–Trinajstić information content (AvgIpc) is 3.13. The van der Waals surface area contributed by atoms with Gasteiger partial charge in [-0.05, 0) is 31.5 Å². The van der Waals surface area contributed by atoms with Crippen LogP contribution in [0.4, 0.5) is 32.0 Å². The maximum absolute atomic E-state index is 15.6. The number of hydrogen-bond donors (Lipinski definition) is 2. The van der Waals surface area contributed by atoms with E-state index < -0.39 is 43.1 Å². The number of hydrogen-bond acceptors (Lipinski definition) is 3. The zero-order chi connectivity index (χ0) is 25.6. The van der Waals surface area contributed by atoms with Crippen LogP contribution in [0.3, 0.4) is 0 Å². The van der Waals surface area contributed by atoms with Crippen LogP contribution < -0.4 is 5.32 Å². The van der Waals surface area contributed by atoms with Gasteiger partial charge in [-0.3, -0.25) is 14.2 Å². The Hall–Kier alpha value is -2.72. The first kappa shape index (κ1) is 25.0. The highest BCUT2D eigenvalue weighted by molar-refractivity contribution is 5.86. The summed E-state index contributed by atoms with van der Waals surface area (Å²) in [6, 6.07) is 7.56. The van der Waals surface area contributed by atoms with Crippen LogP contribution in [0.5, 0.6) is 0 Å². The number of anilines is 1. The van der Waals surface area contributed by atoms with Gasteiger partial charge < -0.3 is 10.3 Å². The van der Waals surface area contributed by atoms with Gasteiger partial charge in [-0.15, -0.1) is 0 Å². The van der Waals surface area contributed by atoms with Crippen LogP contribution in [0.2, 0.25) is 0 Å². The van der Waals surface area contributed by atoms with Crippen molar-refractivity contribution in [2.24, 2.45) is 0 Å². The zero-order valence-corrected chi connectivity index (χ0v) is 19.8. The molecule has 0 aliphatic carbocycles. The first-order chi connectivity index (χ1) is 17.1. The highest BCUT2D eigenvalue weighted by atomic mass is 19.4. The second kappa shape index (κ2) is 9.63. The second-order valence-electron chi connectivity index (χ2n) is 9.80. The molecule has 2 aromatic carbocycles. The number of nitrogens with zero attached hydrogens (tertiary/aromatic N) is 2. The molecule has 5 rings (SSSR count). The Morgan fingerprint density at radius 1 is 1.06 bits per heavy atom. The standard InChI is InChI=1S/C26H28F6N4/c1-15-9-22-23(18-5-2-3-6-21(18)34-22)25(36(15)14-26(30,31)32)24-19(28)10-16(11-20(24)29)33-17-12-35(13-17)8-4-7-27/h2-3,5-6,10-11,15,17,25,33-34H,4,7-9,12-14H2,1H3/t15-,25+/m1/s1. The van der Waals surface area contributed by atoms with Gasteiger partial charge in [-0.25, -0.2) is 8.78 Å². The van der Waals surface area contributed by atoms with E-state index in [1.54, 1.807) is 31.2 Å². The summed E-state index contributed by atoms with van der Waals surface area (Å²) >= 11 is 0.